The minimum atomic E-state index is -1.01. The minimum Gasteiger partial charge on any atom is -0.358 e. The molecule has 17 heavy (non-hydrogen) atoms. The van der Waals surface area contributed by atoms with E-state index < -0.39 is 8.07 Å². The van der Waals surface area contributed by atoms with Gasteiger partial charge >= 0.3 is 0 Å². The van der Waals surface area contributed by atoms with Crippen LogP contribution in [0.2, 0.25) is 19.6 Å². The van der Waals surface area contributed by atoms with Crippen molar-refractivity contribution in [1.82, 2.24) is 0 Å². The zero-order valence-electron chi connectivity index (χ0n) is 12.1. The maximum atomic E-state index is 3.36. The average molecular weight is 355 g/mol. The summed E-state index contributed by atoms with van der Waals surface area (Å²) >= 11 is 0. The van der Waals surface area contributed by atoms with Crippen LogP contribution < -0.4 is 0 Å². The van der Waals surface area contributed by atoms with Crippen LogP contribution in [0.15, 0.2) is 17.3 Å². The molecular weight excluding hydrogens is 326 g/mol. The largest absolute Gasteiger partial charge is 0.358 e. The summed E-state index contributed by atoms with van der Waals surface area (Å²) in [6, 6.07) is 0. The van der Waals surface area contributed by atoms with Gasteiger partial charge < -0.3 is 29.7 Å². The van der Waals surface area contributed by atoms with E-state index in [1.54, 1.807) is 0 Å². The Morgan fingerprint density at radius 3 is 1.41 bits per heavy atom. The van der Waals surface area contributed by atoms with Gasteiger partial charge in [-0.3, -0.25) is 6.08 Å². The first-order chi connectivity index (χ1) is 4.11. The van der Waals surface area contributed by atoms with Gasteiger partial charge in [-0.15, -0.1) is 43.6 Å². The van der Waals surface area contributed by atoms with Crippen molar-refractivity contribution in [3.63, 3.8) is 0 Å². The first-order valence-corrected chi connectivity index (χ1v) is 6.88. The Morgan fingerprint density at radius 1 is 0.941 bits per heavy atom. The minimum absolute atomic E-state index is 0. The van der Waals surface area contributed by atoms with Crippen molar-refractivity contribution in [3.05, 3.63) is 53.1 Å². The summed E-state index contributed by atoms with van der Waals surface area (Å²) < 4.78 is 0. The van der Waals surface area contributed by atoms with Crippen molar-refractivity contribution in [1.29, 1.82) is 0 Å². The molecule has 0 aromatic carbocycles. The molecule has 0 bridgehead atoms. The second kappa shape index (κ2) is 22.5. The summed E-state index contributed by atoms with van der Waals surface area (Å²) in [6.07, 6.45) is 8.82. The third kappa shape index (κ3) is 19.8. The second-order valence-electron chi connectivity index (χ2n) is 3.45. The Hall–Kier alpha value is 1.28. The van der Waals surface area contributed by atoms with Crippen molar-refractivity contribution < 1.29 is 21.7 Å². The van der Waals surface area contributed by atoms with Crippen molar-refractivity contribution in [2.45, 2.75) is 26.1 Å². The smallest absolute Gasteiger partial charge is 0.0393 e. The molecule has 1 aliphatic rings. The fraction of sp³-hybridized carbons (Fsp3) is 0.333. The van der Waals surface area contributed by atoms with Crippen LogP contribution >= 0.6 is 37.2 Å². The van der Waals surface area contributed by atoms with Crippen LogP contribution in [-0.4, -0.2) is 8.07 Å². The molecule has 0 saturated heterocycles. The molecule has 0 aromatic rings. The van der Waals surface area contributed by atoms with Gasteiger partial charge in [0.2, 0.25) is 0 Å². The summed E-state index contributed by atoms with van der Waals surface area (Å²) in [5.41, 5.74) is 0. The van der Waals surface area contributed by atoms with Crippen LogP contribution in [0.3, 0.4) is 0 Å². The van der Waals surface area contributed by atoms with E-state index in [0.717, 1.165) is 6.42 Å². The number of halogens is 3. The Balaban J connectivity index is -0.0000000169. The fourth-order valence-electron chi connectivity index (χ4n) is 0.920. The van der Waals surface area contributed by atoms with E-state index in [1.165, 1.54) is 5.20 Å². The molecule has 0 atom stereocenters. The van der Waals surface area contributed by atoms with Gasteiger partial charge in [-0.25, -0.2) is 11.3 Å². The van der Waals surface area contributed by atoms with Crippen molar-refractivity contribution >= 4 is 45.3 Å². The van der Waals surface area contributed by atoms with E-state index in [2.05, 4.69) is 37.9 Å². The molecule has 0 spiro atoms. The molecule has 0 nitrogen and oxygen atoms in total. The number of rotatable bonds is 1. The third-order valence-corrected chi connectivity index (χ3v) is 3.46. The Labute approximate surface area is 145 Å². The van der Waals surface area contributed by atoms with Gasteiger partial charge in [0.05, 0.1) is 0 Å². The van der Waals surface area contributed by atoms with E-state index in [4.69, 9.17) is 0 Å². The van der Waals surface area contributed by atoms with Gasteiger partial charge in [0.1, 0.15) is 0 Å². The van der Waals surface area contributed by atoms with Gasteiger partial charge in [-0.1, -0.05) is 19.6 Å². The quantitative estimate of drug-likeness (QED) is 0.423. The SMILES string of the molecule is C[Si](C)(C)C1=[C-]CC=C1.Cl.Cl.Cl.[CH3-].[CH3-].[CH3-].[CH3-].[Ti]. The zero-order valence-corrected chi connectivity index (χ0v) is 17.1. The predicted molar refractivity (Wildman–Crippen MR) is 91.3 cm³/mol. The second-order valence-corrected chi connectivity index (χ2v) is 8.49. The molecular formula is C12H28Cl3SiTi-5. The van der Waals surface area contributed by atoms with E-state index >= 15 is 0 Å². The molecule has 0 N–H and O–H groups in total. The molecule has 0 amide bonds. The molecule has 110 valence electrons. The van der Waals surface area contributed by atoms with E-state index in [1.807, 2.05) is 0 Å². The maximum Gasteiger partial charge on any atom is 0.0393 e. The molecule has 0 aromatic heterocycles. The van der Waals surface area contributed by atoms with E-state index in [0.29, 0.717) is 0 Å². The normalized spacial score (nSPS) is 9.71. The molecule has 0 radical (unpaired) electrons. The summed E-state index contributed by atoms with van der Waals surface area (Å²) in [4.78, 5) is 0. The molecule has 0 aliphatic heterocycles. The number of hydrogen-bond donors (Lipinski definition) is 0. The monoisotopic (exact) mass is 353 g/mol. The van der Waals surface area contributed by atoms with Crippen LogP contribution in [0.25, 0.3) is 0 Å². The standard InChI is InChI=1S/C8H13Si.4CH3.3ClH.Ti/c1-9(2,3)8-6-4-5-7-8;;;;;;;;/h4,6H,5H2,1-3H3;4*1H3;3*1H;/q5*-1;;;;. The van der Waals surface area contributed by atoms with E-state index in [9.17, 15) is 0 Å². The van der Waals surface area contributed by atoms with Crippen LogP contribution in [0.4, 0.5) is 0 Å². The number of hydrogen-bond acceptors (Lipinski definition) is 0. The molecule has 0 unspecified atom stereocenters. The van der Waals surface area contributed by atoms with Crippen LogP contribution in [-0.2, 0) is 21.7 Å². The summed E-state index contributed by atoms with van der Waals surface area (Å²) in [7, 11) is -1.01. The predicted octanol–water partition coefficient (Wildman–Crippen LogP) is 5.62. The third-order valence-electron chi connectivity index (χ3n) is 1.50. The Kier molecular flexibility index (Phi) is 68.2. The van der Waals surface area contributed by atoms with Crippen molar-refractivity contribution in [3.8, 4) is 0 Å². The molecule has 1 aliphatic carbocycles. The first kappa shape index (κ1) is 51.6. The maximum absolute atomic E-state index is 3.36. The fourth-order valence-corrected chi connectivity index (χ4v) is 2.17. The van der Waals surface area contributed by atoms with Crippen LogP contribution in [0, 0.1) is 35.8 Å². The topological polar surface area (TPSA) is 0 Å². The van der Waals surface area contributed by atoms with Gasteiger partial charge in [0.15, 0.2) is 0 Å². The van der Waals surface area contributed by atoms with Gasteiger partial charge in [0, 0.05) is 29.8 Å². The first-order valence-electron chi connectivity index (χ1n) is 3.38. The molecule has 5 heteroatoms. The molecule has 0 fully saturated rings. The molecule has 1 rings (SSSR count). The number of allylic oxidation sites excluding steroid dienone is 4. The molecule has 0 heterocycles. The summed E-state index contributed by atoms with van der Waals surface area (Å²) in [6.45, 7) is 7.06. The Morgan fingerprint density at radius 2 is 1.29 bits per heavy atom. The van der Waals surface area contributed by atoms with Crippen LogP contribution in [0.1, 0.15) is 6.42 Å². The average Bonchev–Trinajstić information content (AvgIpc) is 2.08. The summed E-state index contributed by atoms with van der Waals surface area (Å²) in [5.74, 6) is 0. The van der Waals surface area contributed by atoms with Gasteiger partial charge in [0.25, 0.3) is 0 Å². The van der Waals surface area contributed by atoms with E-state index in [-0.39, 0.29) is 88.6 Å². The zero-order chi connectivity index (χ0) is 6.91. The van der Waals surface area contributed by atoms with Gasteiger partial charge in [-0.05, 0) is 0 Å². The van der Waals surface area contributed by atoms with Gasteiger partial charge in [-0.2, -0.15) is 6.08 Å². The van der Waals surface area contributed by atoms with Crippen LogP contribution in [0.5, 0.6) is 0 Å². The molecule has 0 saturated carbocycles. The van der Waals surface area contributed by atoms with Crippen molar-refractivity contribution in [2.75, 3.05) is 0 Å². The Bertz CT molecular complexity index is 175. The summed E-state index contributed by atoms with van der Waals surface area (Å²) in [5, 5.41) is 1.49. The van der Waals surface area contributed by atoms with Crippen molar-refractivity contribution in [2.24, 2.45) is 0 Å².